The summed E-state index contributed by atoms with van der Waals surface area (Å²) in [4.78, 5) is 0.273. The fourth-order valence-corrected chi connectivity index (χ4v) is 4.18. The van der Waals surface area contributed by atoms with Crippen LogP contribution in [0.25, 0.3) is 0 Å². The number of ether oxygens (including phenoxy) is 2. The minimum atomic E-state index is -3.63. The Balaban J connectivity index is 2.35. The Morgan fingerprint density at radius 3 is 2.48 bits per heavy atom. The van der Waals surface area contributed by atoms with Gasteiger partial charge in [-0.15, -0.1) is 4.31 Å². The lowest BCUT2D eigenvalue weighted by molar-refractivity contribution is -0.133. The third-order valence-electron chi connectivity index (χ3n) is 3.54. The van der Waals surface area contributed by atoms with Crippen LogP contribution in [0.1, 0.15) is 25.8 Å². The Kier molecular flexibility index (Phi) is 5.03. The number of rotatable bonds is 5. The predicted molar refractivity (Wildman–Crippen MR) is 80.2 cm³/mol. The van der Waals surface area contributed by atoms with Crippen molar-refractivity contribution < 1.29 is 17.9 Å². The summed E-state index contributed by atoms with van der Waals surface area (Å²) in [5.74, 6) is 0.380. The van der Waals surface area contributed by atoms with E-state index < -0.39 is 16.4 Å². The van der Waals surface area contributed by atoms with E-state index in [0.29, 0.717) is 12.5 Å². The molecule has 0 N–H and O–H groups in total. The topological polar surface area (TPSA) is 55.8 Å². The Hall–Kier alpha value is -0.950. The highest BCUT2D eigenvalue weighted by Crippen LogP contribution is 2.30. The molecule has 0 radical (unpaired) electrons. The van der Waals surface area contributed by atoms with Crippen molar-refractivity contribution in [1.82, 2.24) is 4.31 Å². The zero-order chi connectivity index (χ0) is 15.6. The van der Waals surface area contributed by atoms with Crippen molar-refractivity contribution in [2.75, 3.05) is 13.7 Å². The average molecular weight is 313 g/mol. The molecule has 1 heterocycles. The molecule has 0 aromatic heterocycles. The summed E-state index contributed by atoms with van der Waals surface area (Å²) >= 11 is 0. The van der Waals surface area contributed by atoms with Gasteiger partial charge in [-0.05, 0) is 31.4 Å². The quantitative estimate of drug-likeness (QED) is 0.837. The van der Waals surface area contributed by atoms with Crippen molar-refractivity contribution in [1.29, 1.82) is 0 Å². The van der Waals surface area contributed by atoms with Crippen molar-refractivity contribution in [3.63, 3.8) is 0 Å². The van der Waals surface area contributed by atoms with Gasteiger partial charge in [0.2, 0.25) is 16.4 Å². The van der Waals surface area contributed by atoms with Crippen molar-refractivity contribution in [2.24, 2.45) is 5.92 Å². The third-order valence-corrected chi connectivity index (χ3v) is 5.43. The number of benzene rings is 1. The van der Waals surface area contributed by atoms with Crippen LogP contribution in [0.4, 0.5) is 0 Å². The molecule has 1 fully saturated rings. The monoisotopic (exact) mass is 313 g/mol. The van der Waals surface area contributed by atoms with Crippen LogP contribution in [0.2, 0.25) is 0 Å². The average Bonchev–Trinajstić information content (AvgIpc) is 2.82. The summed E-state index contributed by atoms with van der Waals surface area (Å²) in [7, 11) is -2.17. The van der Waals surface area contributed by atoms with E-state index in [2.05, 4.69) is 13.8 Å². The number of hydrogen-bond acceptors (Lipinski definition) is 4. The second kappa shape index (κ2) is 6.44. The van der Waals surface area contributed by atoms with Crippen LogP contribution in [-0.2, 0) is 19.5 Å². The lowest BCUT2D eigenvalue weighted by Gasteiger charge is -2.27. The molecular formula is C15H23NO4S. The minimum Gasteiger partial charge on any atom is -0.342 e. The van der Waals surface area contributed by atoms with Gasteiger partial charge >= 0.3 is 0 Å². The summed E-state index contributed by atoms with van der Waals surface area (Å²) in [6.45, 7) is 6.42. The van der Waals surface area contributed by atoms with E-state index in [1.165, 1.54) is 11.4 Å². The molecule has 1 aliphatic rings. The zero-order valence-corrected chi connectivity index (χ0v) is 13.8. The lowest BCUT2D eigenvalue weighted by Crippen LogP contribution is -2.43. The highest BCUT2D eigenvalue weighted by molar-refractivity contribution is 7.89. The number of aryl methyl sites for hydroxylation is 1. The summed E-state index contributed by atoms with van der Waals surface area (Å²) in [6, 6.07) is 6.65. The first kappa shape index (κ1) is 16.4. The molecule has 2 rings (SSSR count). The molecule has 1 aliphatic heterocycles. The molecule has 0 amide bonds. The standard InChI is InChI=1S/C15H23NO4S/c1-11(2)9-13-10-20-15(19-4)16(13)21(17,18)14-7-5-12(3)6-8-14/h5-8,11,13,15H,9-10H2,1-4H3/t13-,15?/m0/s1. The minimum absolute atomic E-state index is 0.193. The van der Waals surface area contributed by atoms with Gasteiger partial charge in [0, 0.05) is 7.11 Å². The van der Waals surface area contributed by atoms with Crippen molar-refractivity contribution >= 4 is 10.0 Å². The first-order chi connectivity index (χ1) is 9.86. The maximum absolute atomic E-state index is 12.9. The molecule has 0 aliphatic carbocycles. The van der Waals surface area contributed by atoms with E-state index in [9.17, 15) is 8.42 Å². The third kappa shape index (κ3) is 3.45. The van der Waals surface area contributed by atoms with Gasteiger partial charge in [0.25, 0.3) is 0 Å². The molecule has 1 aromatic carbocycles. The molecule has 0 bridgehead atoms. The number of sulfonamides is 1. The molecule has 5 nitrogen and oxygen atoms in total. The molecule has 0 saturated carbocycles. The molecule has 0 spiro atoms. The molecule has 21 heavy (non-hydrogen) atoms. The summed E-state index contributed by atoms with van der Waals surface area (Å²) in [5.41, 5.74) is 1.02. The van der Waals surface area contributed by atoms with E-state index in [1.54, 1.807) is 24.3 Å². The van der Waals surface area contributed by atoms with Gasteiger partial charge < -0.3 is 9.47 Å². The fourth-order valence-electron chi connectivity index (χ4n) is 2.54. The molecule has 1 unspecified atom stereocenters. The van der Waals surface area contributed by atoms with Gasteiger partial charge in [-0.25, -0.2) is 8.42 Å². The van der Waals surface area contributed by atoms with Crippen molar-refractivity contribution in [2.45, 2.75) is 44.5 Å². The SMILES string of the molecule is COC1OC[C@H](CC(C)C)N1S(=O)(=O)c1ccc(C)cc1. The van der Waals surface area contributed by atoms with Gasteiger partial charge in [-0.1, -0.05) is 31.5 Å². The van der Waals surface area contributed by atoms with Crippen LogP contribution >= 0.6 is 0 Å². The largest absolute Gasteiger partial charge is 0.342 e. The van der Waals surface area contributed by atoms with Gasteiger partial charge in [-0.3, -0.25) is 0 Å². The van der Waals surface area contributed by atoms with Crippen LogP contribution < -0.4 is 0 Å². The first-order valence-electron chi connectivity index (χ1n) is 7.11. The number of nitrogens with zero attached hydrogens (tertiary/aromatic N) is 1. The van der Waals surface area contributed by atoms with Gasteiger partial charge in [-0.2, -0.15) is 0 Å². The Bertz CT molecular complexity index is 568. The maximum Gasteiger partial charge on any atom is 0.247 e. The zero-order valence-electron chi connectivity index (χ0n) is 12.9. The molecule has 2 atom stereocenters. The highest BCUT2D eigenvalue weighted by atomic mass is 32.2. The predicted octanol–water partition coefficient (Wildman–Crippen LogP) is 2.36. The normalized spacial score (nSPS) is 23.9. The molecular weight excluding hydrogens is 290 g/mol. The summed E-state index contributed by atoms with van der Waals surface area (Å²) < 4.78 is 37.8. The van der Waals surface area contributed by atoms with Gasteiger partial charge in [0.15, 0.2) is 0 Å². The molecule has 1 saturated heterocycles. The van der Waals surface area contributed by atoms with E-state index in [1.807, 2.05) is 6.92 Å². The number of hydrogen-bond donors (Lipinski definition) is 0. The van der Waals surface area contributed by atoms with Crippen LogP contribution in [0, 0.1) is 12.8 Å². The van der Waals surface area contributed by atoms with E-state index in [0.717, 1.165) is 12.0 Å². The van der Waals surface area contributed by atoms with Crippen LogP contribution in [-0.4, -0.2) is 38.9 Å². The maximum atomic E-state index is 12.9. The van der Waals surface area contributed by atoms with E-state index >= 15 is 0 Å². The Labute approximate surface area is 126 Å². The van der Waals surface area contributed by atoms with Gasteiger partial charge in [0.05, 0.1) is 17.5 Å². The first-order valence-corrected chi connectivity index (χ1v) is 8.55. The summed E-state index contributed by atoms with van der Waals surface area (Å²) in [5, 5.41) is 0. The second-order valence-corrected chi connectivity index (χ2v) is 7.65. The fraction of sp³-hybridized carbons (Fsp3) is 0.600. The van der Waals surface area contributed by atoms with E-state index in [4.69, 9.17) is 9.47 Å². The summed E-state index contributed by atoms with van der Waals surface area (Å²) in [6.07, 6.45) is -0.106. The Morgan fingerprint density at radius 2 is 1.95 bits per heavy atom. The van der Waals surface area contributed by atoms with Crippen molar-refractivity contribution in [3.05, 3.63) is 29.8 Å². The molecule has 6 heteroatoms. The Morgan fingerprint density at radius 1 is 1.33 bits per heavy atom. The van der Waals surface area contributed by atoms with E-state index in [-0.39, 0.29) is 10.9 Å². The van der Waals surface area contributed by atoms with Crippen molar-refractivity contribution in [3.8, 4) is 0 Å². The number of methoxy groups -OCH3 is 1. The lowest BCUT2D eigenvalue weighted by atomic mass is 10.1. The van der Waals surface area contributed by atoms with Crippen LogP contribution in [0.5, 0.6) is 0 Å². The highest BCUT2D eigenvalue weighted by Gasteiger charge is 2.43. The van der Waals surface area contributed by atoms with Crippen LogP contribution in [0.15, 0.2) is 29.2 Å². The molecule has 1 aromatic rings. The molecule has 118 valence electrons. The van der Waals surface area contributed by atoms with Crippen LogP contribution in [0.3, 0.4) is 0 Å². The van der Waals surface area contributed by atoms with Gasteiger partial charge in [0.1, 0.15) is 0 Å². The second-order valence-electron chi connectivity index (χ2n) is 5.81. The smallest absolute Gasteiger partial charge is 0.247 e.